The molecule has 2 aromatic rings. The maximum Gasteiger partial charge on any atom is 0.267 e. The van der Waals surface area contributed by atoms with Crippen LogP contribution in [0.1, 0.15) is 31.4 Å². The van der Waals surface area contributed by atoms with E-state index in [1.807, 2.05) is 19.1 Å². The summed E-state index contributed by atoms with van der Waals surface area (Å²) in [6, 6.07) is 3.79. The lowest BCUT2D eigenvalue weighted by molar-refractivity contribution is -0.122. The molecule has 4 heterocycles. The number of anilines is 1. The molecule has 4 rings (SSSR count). The Balaban J connectivity index is 1.85. The second-order valence-corrected chi connectivity index (χ2v) is 10.4. The summed E-state index contributed by atoms with van der Waals surface area (Å²) >= 11 is 6.62. The molecule has 170 valence electrons. The van der Waals surface area contributed by atoms with Crippen molar-refractivity contribution < 1.29 is 9.53 Å². The van der Waals surface area contributed by atoms with Gasteiger partial charge in [-0.1, -0.05) is 43.9 Å². The van der Waals surface area contributed by atoms with Gasteiger partial charge in [-0.2, -0.15) is 0 Å². The molecule has 2 aliphatic heterocycles. The summed E-state index contributed by atoms with van der Waals surface area (Å²) in [6.45, 7) is 8.84. The van der Waals surface area contributed by atoms with Crippen molar-refractivity contribution in [2.45, 2.75) is 27.2 Å². The van der Waals surface area contributed by atoms with Crippen molar-refractivity contribution in [3.05, 3.63) is 44.7 Å². The van der Waals surface area contributed by atoms with Crippen molar-refractivity contribution in [1.82, 2.24) is 14.3 Å². The Morgan fingerprint density at radius 1 is 1.28 bits per heavy atom. The van der Waals surface area contributed by atoms with Gasteiger partial charge in [0.15, 0.2) is 0 Å². The zero-order chi connectivity index (χ0) is 23.0. The molecule has 0 radical (unpaired) electrons. The van der Waals surface area contributed by atoms with E-state index in [1.54, 1.807) is 23.8 Å². The zero-order valence-corrected chi connectivity index (χ0v) is 20.5. The Morgan fingerprint density at radius 2 is 2.00 bits per heavy atom. The number of carbonyl (C=O) groups excluding carboxylic acids is 1. The summed E-state index contributed by atoms with van der Waals surface area (Å²) in [7, 11) is 1.59. The van der Waals surface area contributed by atoms with Crippen molar-refractivity contribution in [2.24, 2.45) is 11.8 Å². The number of thioether (sulfide) groups is 1. The van der Waals surface area contributed by atoms with Crippen molar-refractivity contribution in [3.63, 3.8) is 0 Å². The fraction of sp³-hybridized carbons (Fsp3) is 0.478. The van der Waals surface area contributed by atoms with Crippen LogP contribution in [0, 0.1) is 18.8 Å². The van der Waals surface area contributed by atoms with E-state index in [9.17, 15) is 9.59 Å². The Hall–Kier alpha value is -2.23. The van der Waals surface area contributed by atoms with Gasteiger partial charge in [-0.3, -0.25) is 18.9 Å². The number of piperidine rings is 1. The molecule has 0 aliphatic carbocycles. The minimum atomic E-state index is -0.197. The van der Waals surface area contributed by atoms with Gasteiger partial charge in [0, 0.05) is 26.4 Å². The minimum Gasteiger partial charge on any atom is -0.383 e. The van der Waals surface area contributed by atoms with E-state index in [4.69, 9.17) is 21.9 Å². The highest BCUT2D eigenvalue weighted by atomic mass is 32.2. The normalized spacial score (nSPS) is 23.1. The fourth-order valence-electron chi connectivity index (χ4n) is 4.51. The minimum absolute atomic E-state index is 0.179. The second kappa shape index (κ2) is 9.33. The van der Waals surface area contributed by atoms with Crippen LogP contribution < -0.4 is 10.5 Å². The van der Waals surface area contributed by atoms with Crippen LogP contribution in [0.3, 0.4) is 0 Å². The molecule has 0 unspecified atom stereocenters. The van der Waals surface area contributed by atoms with Crippen molar-refractivity contribution >= 4 is 51.7 Å². The first-order valence-corrected chi connectivity index (χ1v) is 12.0. The Morgan fingerprint density at radius 3 is 2.69 bits per heavy atom. The van der Waals surface area contributed by atoms with Gasteiger partial charge in [0.2, 0.25) is 0 Å². The molecule has 2 fully saturated rings. The Bertz CT molecular complexity index is 1150. The summed E-state index contributed by atoms with van der Waals surface area (Å²) in [6.07, 6.45) is 4.55. The molecule has 0 N–H and O–H groups in total. The number of aromatic nitrogens is 2. The smallest absolute Gasteiger partial charge is 0.267 e. The third-order valence-corrected chi connectivity index (χ3v) is 7.28. The first-order chi connectivity index (χ1) is 15.3. The predicted octanol–water partition coefficient (Wildman–Crippen LogP) is 3.33. The number of hydrogen-bond donors (Lipinski definition) is 0. The maximum atomic E-state index is 13.6. The number of aryl methyl sites for hydroxylation is 1. The van der Waals surface area contributed by atoms with E-state index in [2.05, 4.69) is 18.7 Å². The molecule has 1 amide bonds. The lowest BCUT2D eigenvalue weighted by atomic mass is 9.91. The molecule has 2 atom stereocenters. The van der Waals surface area contributed by atoms with Gasteiger partial charge in [0.05, 0.1) is 23.6 Å². The third kappa shape index (κ3) is 4.33. The lowest BCUT2D eigenvalue weighted by Gasteiger charge is -2.36. The van der Waals surface area contributed by atoms with E-state index in [0.717, 1.165) is 25.1 Å². The Labute approximate surface area is 197 Å². The van der Waals surface area contributed by atoms with Gasteiger partial charge < -0.3 is 9.64 Å². The monoisotopic (exact) mass is 472 g/mol. The summed E-state index contributed by atoms with van der Waals surface area (Å²) in [5.41, 5.74) is 1.83. The lowest BCUT2D eigenvalue weighted by Crippen LogP contribution is -2.40. The number of pyridine rings is 1. The summed E-state index contributed by atoms with van der Waals surface area (Å²) in [5, 5.41) is 0. The number of amides is 1. The molecule has 0 aromatic carbocycles. The number of hydrogen-bond acceptors (Lipinski definition) is 7. The Kier molecular flexibility index (Phi) is 6.69. The second-order valence-electron chi connectivity index (χ2n) is 8.72. The quantitative estimate of drug-likeness (QED) is 0.488. The van der Waals surface area contributed by atoms with Crippen LogP contribution in [0.15, 0.2) is 28.0 Å². The highest BCUT2D eigenvalue weighted by Crippen LogP contribution is 2.34. The van der Waals surface area contributed by atoms with Crippen molar-refractivity contribution in [2.75, 3.05) is 38.3 Å². The third-order valence-electron chi connectivity index (χ3n) is 5.90. The van der Waals surface area contributed by atoms with Crippen molar-refractivity contribution in [1.29, 1.82) is 0 Å². The number of fused-ring (bicyclic) bond motifs is 1. The molecule has 2 saturated heterocycles. The van der Waals surface area contributed by atoms with Crippen LogP contribution in [0.4, 0.5) is 5.82 Å². The molecule has 0 saturated carbocycles. The number of methoxy groups -OCH3 is 1. The highest BCUT2D eigenvalue weighted by molar-refractivity contribution is 8.26. The highest BCUT2D eigenvalue weighted by Gasteiger charge is 2.33. The van der Waals surface area contributed by atoms with Crippen LogP contribution in [-0.4, -0.2) is 57.9 Å². The van der Waals surface area contributed by atoms with E-state index >= 15 is 0 Å². The molecule has 0 bridgehead atoms. The summed E-state index contributed by atoms with van der Waals surface area (Å²) in [5.74, 6) is 1.44. The van der Waals surface area contributed by atoms with Gasteiger partial charge >= 0.3 is 0 Å². The molecule has 9 heteroatoms. The summed E-state index contributed by atoms with van der Waals surface area (Å²) in [4.78, 5) is 35.7. The van der Waals surface area contributed by atoms with E-state index < -0.39 is 0 Å². The largest absolute Gasteiger partial charge is 0.383 e. The predicted molar refractivity (Wildman–Crippen MR) is 133 cm³/mol. The first kappa shape index (κ1) is 22.9. The number of rotatable bonds is 5. The maximum absolute atomic E-state index is 13.6. The molecule has 7 nitrogen and oxygen atoms in total. The van der Waals surface area contributed by atoms with E-state index in [-0.39, 0.29) is 11.5 Å². The molecule has 32 heavy (non-hydrogen) atoms. The van der Waals surface area contributed by atoms with Crippen LogP contribution >= 0.6 is 24.0 Å². The van der Waals surface area contributed by atoms with Crippen LogP contribution in [-0.2, 0) is 9.53 Å². The molecule has 0 spiro atoms. The number of thiocarbonyl (C=S) groups is 1. The summed E-state index contributed by atoms with van der Waals surface area (Å²) < 4.78 is 7.14. The SMILES string of the molecule is COCCN1C(=O)/C(=C\c2c(N3C[C@H](C)C[C@@H](C)C3)nc3c(C)cccn3c2=O)SC1=S. The number of ether oxygens (including phenoxy) is 1. The van der Waals surface area contributed by atoms with Gasteiger partial charge in [-0.15, -0.1) is 0 Å². The number of nitrogens with zero attached hydrogens (tertiary/aromatic N) is 4. The zero-order valence-electron chi connectivity index (χ0n) is 18.8. The topological polar surface area (TPSA) is 67.2 Å². The van der Waals surface area contributed by atoms with Crippen LogP contribution in [0.5, 0.6) is 0 Å². The van der Waals surface area contributed by atoms with Crippen molar-refractivity contribution in [3.8, 4) is 0 Å². The van der Waals surface area contributed by atoms with E-state index in [0.29, 0.717) is 51.2 Å². The van der Waals surface area contributed by atoms with Gasteiger partial charge in [0.1, 0.15) is 15.8 Å². The standard InChI is InChI=1S/C23H28N4O3S2/c1-14-10-15(2)13-25(12-14)20-17(21(28)26-7-5-6-16(3)19(26)24-20)11-18-22(29)27(8-9-30-4)23(31)32-18/h5-7,11,14-15H,8-10,12-13H2,1-4H3/b18-11+/t14-,15-/m1/s1. The van der Waals surface area contributed by atoms with E-state index in [1.165, 1.54) is 16.7 Å². The average molecular weight is 473 g/mol. The number of carbonyl (C=O) groups is 1. The van der Waals surface area contributed by atoms with Crippen LogP contribution in [0.25, 0.3) is 11.7 Å². The van der Waals surface area contributed by atoms with Crippen LogP contribution in [0.2, 0.25) is 0 Å². The molecular formula is C23H28N4O3S2. The fourth-order valence-corrected chi connectivity index (χ4v) is 5.80. The molecular weight excluding hydrogens is 444 g/mol. The first-order valence-electron chi connectivity index (χ1n) is 10.8. The van der Waals surface area contributed by atoms with Gasteiger partial charge in [0.25, 0.3) is 11.5 Å². The van der Waals surface area contributed by atoms with Gasteiger partial charge in [-0.25, -0.2) is 4.98 Å². The average Bonchev–Trinajstić information content (AvgIpc) is 3.00. The molecule has 2 aromatic heterocycles. The molecule has 2 aliphatic rings. The van der Waals surface area contributed by atoms with Gasteiger partial charge in [-0.05, 0) is 42.9 Å².